The molecule has 0 unspecified atom stereocenters. The summed E-state index contributed by atoms with van der Waals surface area (Å²) < 4.78 is 0. The first-order chi connectivity index (χ1) is 8.56. The van der Waals surface area contributed by atoms with Gasteiger partial charge in [-0.15, -0.1) is 0 Å². The standard InChI is InChI=1S/C15H26N2O/c1-17(2)14(18)9-16-10-15-6-11-3-12(7-15)5-13(4-11)8-15/h11-13,16H,3-10H2,1-2H3. The average molecular weight is 250 g/mol. The van der Waals surface area contributed by atoms with E-state index in [1.165, 1.54) is 38.5 Å². The lowest BCUT2D eigenvalue weighted by Crippen LogP contribution is -2.51. The van der Waals surface area contributed by atoms with Gasteiger partial charge >= 0.3 is 0 Å². The van der Waals surface area contributed by atoms with E-state index in [0.717, 1.165) is 24.3 Å². The third kappa shape index (κ3) is 2.29. The minimum absolute atomic E-state index is 0.194. The van der Waals surface area contributed by atoms with Gasteiger partial charge in [0.1, 0.15) is 0 Å². The van der Waals surface area contributed by atoms with Crippen LogP contribution in [0, 0.1) is 23.2 Å². The zero-order chi connectivity index (χ0) is 12.8. The number of likely N-dealkylation sites (N-methyl/N-ethyl adjacent to an activating group) is 1. The molecule has 0 atom stereocenters. The van der Waals surface area contributed by atoms with Crippen LogP contribution < -0.4 is 5.32 Å². The number of carbonyl (C=O) groups excluding carboxylic acids is 1. The van der Waals surface area contributed by atoms with Gasteiger partial charge in [-0.25, -0.2) is 0 Å². The first kappa shape index (κ1) is 12.5. The first-order valence-corrected chi connectivity index (χ1v) is 7.47. The van der Waals surface area contributed by atoms with Crippen LogP contribution in [0.1, 0.15) is 38.5 Å². The minimum Gasteiger partial charge on any atom is -0.348 e. The van der Waals surface area contributed by atoms with E-state index in [1.54, 1.807) is 4.90 Å². The molecule has 4 rings (SSSR count). The molecule has 3 nitrogen and oxygen atoms in total. The van der Waals surface area contributed by atoms with Crippen LogP contribution in [0.5, 0.6) is 0 Å². The minimum atomic E-state index is 0.194. The van der Waals surface area contributed by atoms with E-state index in [4.69, 9.17) is 0 Å². The molecule has 1 amide bonds. The monoisotopic (exact) mass is 250 g/mol. The Morgan fingerprint density at radius 1 is 1.11 bits per heavy atom. The summed E-state index contributed by atoms with van der Waals surface area (Å²) in [6.45, 7) is 1.57. The molecular weight excluding hydrogens is 224 g/mol. The van der Waals surface area contributed by atoms with Crippen LogP contribution in [0.15, 0.2) is 0 Å². The first-order valence-electron chi connectivity index (χ1n) is 7.47. The molecule has 0 aromatic heterocycles. The van der Waals surface area contributed by atoms with Gasteiger partial charge in [-0.2, -0.15) is 0 Å². The molecule has 4 aliphatic rings. The number of amides is 1. The Labute approximate surface area is 110 Å². The molecule has 4 bridgehead atoms. The summed E-state index contributed by atoms with van der Waals surface area (Å²) in [7, 11) is 3.66. The van der Waals surface area contributed by atoms with Crippen molar-refractivity contribution in [3.8, 4) is 0 Å². The zero-order valence-electron chi connectivity index (χ0n) is 11.7. The van der Waals surface area contributed by atoms with Gasteiger partial charge in [0.2, 0.25) is 5.91 Å². The average Bonchev–Trinajstić information content (AvgIpc) is 2.26. The molecule has 0 saturated heterocycles. The highest BCUT2D eigenvalue weighted by Crippen LogP contribution is 2.59. The fourth-order valence-corrected chi connectivity index (χ4v) is 5.10. The lowest BCUT2D eigenvalue weighted by atomic mass is 9.49. The van der Waals surface area contributed by atoms with Gasteiger partial charge in [0.15, 0.2) is 0 Å². The summed E-state index contributed by atoms with van der Waals surface area (Å²) in [5.74, 6) is 3.20. The highest BCUT2D eigenvalue weighted by Gasteiger charge is 2.50. The fourth-order valence-electron chi connectivity index (χ4n) is 5.10. The van der Waals surface area contributed by atoms with Gasteiger partial charge in [0.25, 0.3) is 0 Å². The quantitative estimate of drug-likeness (QED) is 0.826. The van der Waals surface area contributed by atoms with Crippen molar-refractivity contribution in [2.45, 2.75) is 38.5 Å². The second-order valence-corrected chi connectivity index (χ2v) is 7.31. The van der Waals surface area contributed by atoms with Gasteiger partial charge in [-0.05, 0) is 61.7 Å². The van der Waals surface area contributed by atoms with Crippen LogP contribution in [0.4, 0.5) is 0 Å². The Balaban J connectivity index is 1.54. The fraction of sp³-hybridized carbons (Fsp3) is 0.933. The number of carbonyl (C=O) groups is 1. The van der Waals surface area contributed by atoms with Gasteiger partial charge in [-0.1, -0.05) is 0 Å². The maximum Gasteiger partial charge on any atom is 0.236 e. The Kier molecular flexibility index (Phi) is 3.13. The van der Waals surface area contributed by atoms with Crippen LogP contribution in [-0.2, 0) is 4.79 Å². The number of nitrogens with one attached hydrogen (secondary N) is 1. The van der Waals surface area contributed by atoms with E-state index in [-0.39, 0.29) is 5.91 Å². The maximum atomic E-state index is 11.6. The molecule has 0 spiro atoms. The van der Waals surface area contributed by atoms with Gasteiger partial charge < -0.3 is 10.2 Å². The summed E-state index contributed by atoms with van der Waals surface area (Å²) in [6.07, 6.45) is 8.74. The van der Waals surface area contributed by atoms with Crippen molar-refractivity contribution in [1.29, 1.82) is 0 Å². The normalized spacial score (nSPS) is 41.1. The lowest BCUT2D eigenvalue weighted by molar-refractivity contribution is -0.128. The molecule has 1 N–H and O–H groups in total. The molecule has 102 valence electrons. The Morgan fingerprint density at radius 3 is 2.06 bits per heavy atom. The van der Waals surface area contributed by atoms with Crippen LogP contribution in [0.2, 0.25) is 0 Å². The SMILES string of the molecule is CN(C)C(=O)CNCC12CC3CC(CC(C3)C1)C2. The smallest absolute Gasteiger partial charge is 0.236 e. The van der Waals surface area contributed by atoms with Crippen LogP contribution in [-0.4, -0.2) is 38.0 Å². The van der Waals surface area contributed by atoms with E-state index in [9.17, 15) is 4.79 Å². The summed E-state index contributed by atoms with van der Waals surface area (Å²) in [5, 5.41) is 3.43. The second-order valence-electron chi connectivity index (χ2n) is 7.31. The molecule has 0 aromatic rings. The third-order valence-corrected chi connectivity index (χ3v) is 5.44. The molecule has 0 heterocycles. The van der Waals surface area contributed by atoms with Gasteiger partial charge in [-0.3, -0.25) is 4.79 Å². The Bertz CT molecular complexity index is 302. The lowest BCUT2D eigenvalue weighted by Gasteiger charge is -2.57. The molecule has 0 aliphatic heterocycles. The van der Waals surface area contributed by atoms with Crippen molar-refractivity contribution >= 4 is 5.91 Å². The summed E-state index contributed by atoms with van der Waals surface area (Å²) >= 11 is 0. The van der Waals surface area contributed by atoms with Gasteiger partial charge in [0.05, 0.1) is 6.54 Å². The van der Waals surface area contributed by atoms with Crippen molar-refractivity contribution in [3.05, 3.63) is 0 Å². The zero-order valence-corrected chi connectivity index (χ0v) is 11.7. The summed E-state index contributed by atoms with van der Waals surface area (Å²) in [4.78, 5) is 13.3. The van der Waals surface area contributed by atoms with E-state index in [0.29, 0.717) is 12.0 Å². The maximum absolute atomic E-state index is 11.6. The third-order valence-electron chi connectivity index (χ3n) is 5.44. The van der Waals surface area contributed by atoms with Crippen molar-refractivity contribution < 1.29 is 4.79 Å². The summed E-state index contributed by atoms with van der Waals surface area (Å²) in [6, 6.07) is 0. The van der Waals surface area contributed by atoms with Crippen LogP contribution >= 0.6 is 0 Å². The van der Waals surface area contributed by atoms with Crippen molar-refractivity contribution in [1.82, 2.24) is 10.2 Å². The second kappa shape index (κ2) is 4.52. The van der Waals surface area contributed by atoms with E-state index < -0.39 is 0 Å². The number of nitrogens with zero attached hydrogens (tertiary/aromatic N) is 1. The van der Waals surface area contributed by atoms with Crippen molar-refractivity contribution in [3.63, 3.8) is 0 Å². The molecule has 4 fully saturated rings. The number of hydrogen-bond acceptors (Lipinski definition) is 2. The molecule has 0 aromatic carbocycles. The van der Waals surface area contributed by atoms with E-state index in [2.05, 4.69) is 5.32 Å². The molecule has 4 aliphatic carbocycles. The largest absolute Gasteiger partial charge is 0.348 e. The Morgan fingerprint density at radius 2 is 1.61 bits per heavy atom. The highest BCUT2D eigenvalue weighted by atomic mass is 16.2. The van der Waals surface area contributed by atoms with E-state index >= 15 is 0 Å². The van der Waals surface area contributed by atoms with E-state index in [1.807, 2.05) is 14.1 Å². The van der Waals surface area contributed by atoms with Gasteiger partial charge in [0, 0.05) is 20.6 Å². The topological polar surface area (TPSA) is 32.3 Å². The molecular formula is C15H26N2O. The molecule has 4 saturated carbocycles. The summed E-state index contributed by atoms with van der Waals surface area (Å²) in [5.41, 5.74) is 0.543. The number of rotatable bonds is 4. The predicted molar refractivity (Wildman–Crippen MR) is 72.2 cm³/mol. The predicted octanol–water partition coefficient (Wildman–Crippen LogP) is 1.88. The van der Waals surface area contributed by atoms with Crippen LogP contribution in [0.3, 0.4) is 0 Å². The van der Waals surface area contributed by atoms with Crippen LogP contribution in [0.25, 0.3) is 0 Å². The number of hydrogen-bond donors (Lipinski definition) is 1. The molecule has 18 heavy (non-hydrogen) atoms. The molecule has 0 radical (unpaired) electrons. The van der Waals surface area contributed by atoms with Crippen molar-refractivity contribution in [2.75, 3.05) is 27.2 Å². The Hall–Kier alpha value is -0.570. The highest BCUT2D eigenvalue weighted by molar-refractivity contribution is 5.77. The molecule has 3 heteroatoms. The van der Waals surface area contributed by atoms with Crippen molar-refractivity contribution in [2.24, 2.45) is 23.2 Å².